The van der Waals surface area contributed by atoms with Crippen LogP contribution in [0, 0.1) is 0 Å². The first-order valence-electron chi connectivity index (χ1n) is 7.48. The number of phenolic OH excluding ortho intramolecular Hbond substituents is 1. The van der Waals surface area contributed by atoms with Gasteiger partial charge in [-0.1, -0.05) is 5.16 Å². The van der Waals surface area contributed by atoms with Crippen molar-refractivity contribution < 1.29 is 34.7 Å². The van der Waals surface area contributed by atoms with E-state index in [1.165, 1.54) is 11.4 Å². The van der Waals surface area contributed by atoms with Gasteiger partial charge in [0.05, 0.1) is 5.94 Å². The number of nitrogens with zero attached hydrogens (tertiary/aromatic N) is 2. The summed E-state index contributed by atoms with van der Waals surface area (Å²) >= 11 is 1.05. The summed E-state index contributed by atoms with van der Waals surface area (Å²) in [4.78, 5) is 27.5. The molecule has 0 aliphatic carbocycles. The molecule has 0 saturated heterocycles. The first kappa shape index (κ1) is 18.5. The highest BCUT2D eigenvalue weighted by molar-refractivity contribution is 7.13. The Morgan fingerprint density at radius 3 is 2.78 bits per heavy atom. The van der Waals surface area contributed by atoms with E-state index in [1.54, 1.807) is 0 Å². The Morgan fingerprint density at radius 2 is 2.19 bits per heavy atom. The number of aromatic hydroxyl groups is 1. The van der Waals surface area contributed by atoms with Gasteiger partial charge in [0, 0.05) is 5.38 Å². The number of nitrogen functional groups attached to an aromatic ring is 1. The first-order valence-corrected chi connectivity index (χ1v) is 8.36. The molecule has 1 aromatic carbocycles. The van der Waals surface area contributed by atoms with Gasteiger partial charge in [-0.25, -0.2) is 9.78 Å². The van der Waals surface area contributed by atoms with Gasteiger partial charge >= 0.3 is 13.1 Å². The number of carbonyl (C=O) groups excluding carboxylic acids is 1. The molecule has 7 N–H and O–H groups in total. The van der Waals surface area contributed by atoms with E-state index in [2.05, 4.69) is 15.5 Å². The molecular formula is C14H13BN4O7S. The van der Waals surface area contributed by atoms with Gasteiger partial charge in [0.2, 0.25) is 0 Å². The van der Waals surface area contributed by atoms with Gasteiger partial charge in [-0.2, -0.15) is 0 Å². The SMILES string of the molecule is Nc1nc(/C(=N/O)C(=O)N[C@H]2Cc3cc(O)cc(C(=O)O)c3OB2O)cs1. The van der Waals surface area contributed by atoms with E-state index < -0.39 is 30.6 Å². The van der Waals surface area contributed by atoms with Crippen LogP contribution in [-0.2, 0) is 11.2 Å². The summed E-state index contributed by atoms with van der Waals surface area (Å²) in [6.45, 7) is 0. The fourth-order valence-corrected chi connectivity index (χ4v) is 3.18. The van der Waals surface area contributed by atoms with Gasteiger partial charge in [-0.05, 0) is 24.1 Å². The summed E-state index contributed by atoms with van der Waals surface area (Å²) in [6.07, 6.45) is -0.0329. The van der Waals surface area contributed by atoms with E-state index >= 15 is 0 Å². The number of rotatable bonds is 4. The standard InChI is InChI=1S/C14H13BN4O7S/c16-14-17-8(4-27-14)10(19-25)12(21)18-9-2-5-1-6(20)3-7(13(22)23)11(5)26-15(9)24/h1,3-4,9,20,24-25H,2H2,(H2,16,17)(H,18,21)(H,22,23)/b19-10-/t9-/m0/s1. The van der Waals surface area contributed by atoms with Crippen LogP contribution in [0.2, 0.25) is 0 Å². The molecule has 1 atom stereocenters. The summed E-state index contributed by atoms with van der Waals surface area (Å²) in [5.74, 6) is -3.58. The molecular weight excluding hydrogens is 379 g/mol. The van der Waals surface area contributed by atoms with Crippen molar-refractivity contribution in [3.8, 4) is 11.5 Å². The number of oxime groups is 1. The summed E-state index contributed by atoms with van der Waals surface area (Å²) in [6, 6.07) is 2.27. The van der Waals surface area contributed by atoms with Gasteiger partial charge in [0.25, 0.3) is 5.91 Å². The van der Waals surface area contributed by atoms with Crippen molar-refractivity contribution >= 4 is 41.2 Å². The molecule has 13 heteroatoms. The predicted octanol–water partition coefficient (Wildman–Crippen LogP) is -0.553. The van der Waals surface area contributed by atoms with Gasteiger partial charge in [0.1, 0.15) is 22.8 Å². The maximum Gasteiger partial charge on any atom is 0.547 e. The molecule has 1 amide bonds. The van der Waals surface area contributed by atoms with Crippen LogP contribution in [0.3, 0.4) is 0 Å². The molecule has 2 aromatic rings. The Labute approximate surface area is 155 Å². The molecule has 2 heterocycles. The summed E-state index contributed by atoms with van der Waals surface area (Å²) in [7, 11) is -1.57. The quantitative estimate of drug-likeness (QED) is 0.172. The number of carboxylic acid groups (broad SMARTS) is 1. The molecule has 1 aliphatic rings. The van der Waals surface area contributed by atoms with Crippen LogP contribution in [-0.4, -0.2) is 56.1 Å². The molecule has 1 aliphatic heterocycles. The molecule has 140 valence electrons. The average molecular weight is 392 g/mol. The number of nitrogens with one attached hydrogen (secondary N) is 1. The number of hydrogen-bond acceptors (Lipinski definition) is 10. The van der Waals surface area contributed by atoms with Crippen molar-refractivity contribution in [3.05, 3.63) is 34.3 Å². The molecule has 0 unspecified atom stereocenters. The van der Waals surface area contributed by atoms with Gasteiger partial charge in [0.15, 0.2) is 10.8 Å². The minimum absolute atomic E-state index is 0.0329. The zero-order chi connectivity index (χ0) is 19.7. The average Bonchev–Trinajstić information content (AvgIpc) is 3.02. The van der Waals surface area contributed by atoms with Crippen LogP contribution >= 0.6 is 11.3 Å². The minimum atomic E-state index is -1.57. The normalized spacial score (nSPS) is 16.4. The zero-order valence-corrected chi connectivity index (χ0v) is 14.3. The lowest BCUT2D eigenvalue weighted by atomic mass is 9.72. The molecule has 0 fully saturated rings. The van der Waals surface area contributed by atoms with E-state index in [4.69, 9.17) is 15.6 Å². The molecule has 0 bridgehead atoms. The van der Waals surface area contributed by atoms with E-state index in [-0.39, 0.29) is 39.9 Å². The van der Waals surface area contributed by atoms with Crippen LogP contribution in [0.25, 0.3) is 0 Å². The second-order valence-electron chi connectivity index (χ2n) is 5.60. The third-order valence-electron chi connectivity index (χ3n) is 3.80. The van der Waals surface area contributed by atoms with Gasteiger partial charge in [-0.15, -0.1) is 11.3 Å². The van der Waals surface area contributed by atoms with Crippen LogP contribution in [0.1, 0.15) is 21.6 Å². The molecule has 0 spiro atoms. The Balaban J connectivity index is 1.83. The molecule has 11 nitrogen and oxygen atoms in total. The molecule has 27 heavy (non-hydrogen) atoms. The van der Waals surface area contributed by atoms with E-state index in [1.807, 2.05) is 0 Å². The monoisotopic (exact) mass is 392 g/mol. The van der Waals surface area contributed by atoms with Crippen LogP contribution in [0.15, 0.2) is 22.7 Å². The number of aromatic nitrogens is 1. The molecule has 0 saturated carbocycles. The highest BCUT2D eigenvalue weighted by Gasteiger charge is 2.39. The molecule has 1 aromatic heterocycles. The number of nitrogens with two attached hydrogens (primary N) is 1. The second kappa shape index (κ2) is 7.13. The maximum absolute atomic E-state index is 12.4. The van der Waals surface area contributed by atoms with Crippen molar-refractivity contribution in [2.45, 2.75) is 12.4 Å². The van der Waals surface area contributed by atoms with Crippen molar-refractivity contribution in [1.82, 2.24) is 10.3 Å². The third-order valence-corrected chi connectivity index (χ3v) is 4.47. The number of aromatic carboxylic acids is 1. The largest absolute Gasteiger partial charge is 0.547 e. The maximum atomic E-state index is 12.4. The lowest BCUT2D eigenvalue weighted by Gasteiger charge is -2.29. The lowest BCUT2D eigenvalue weighted by Crippen LogP contribution is -2.54. The smallest absolute Gasteiger partial charge is 0.534 e. The molecule has 0 radical (unpaired) electrons. The van der Waals surface area contributed by atoms with Crippen molar-refractivity contribution in [3.63, 3.8) is 0 Å². The fourth-order valence-electron chi connectivity index (χ4n) is 2.63. The first-order chi connectivity index (χ1) is 12.8. The summed E-state index contributed by atoms with van der Waals surface area (Å²) < 4.78 is 5.23. The molecule has 3 rings (SSSR count). The van der Waals surface area contributed by atoms with Crippen LogP contribution in [0.4, 0.5) is 5.13 Å². The zero-order valence-electron chi connectivity index (χ0n) is 13.5. The number of fused-ring (bicyclic) bond motifs is 1. The number of amides is 1. The highest BCUT2D eigenvalue weighted by atomic mass is 32.1. The van der Waals surface area contributed by atoms with Gasteiger partial charge < -0.3 is 36.1 Å². The van der Waals surface area contributed by atoms with Crippen molar-refractivity contribution in [2.24, 2.45) is 5.16 Å². The Hall–Kier alpha value is -3.32. The number of anilines is 1. The van der Waals surface area contributed by atoms with E-state index in [0.29, 0.717) is 0 Å². The van der Waals surface area contributed by atoms with Crippen LogP contribution < -0.4 is 15.7 Å². The van der Waals surface area contributed by atoms with Gasteiger partial charge in [-0.3, -0.25) is 4.79 Å². The second-order valence-corrected chi connectivity index (χ2v) is 6.49. The van der Waals surface area contributed by atoms with Crippen molar-refractivity contribution in [2.75, 3.05) is 5.73 Å². The summed E-state index contributed by atoms with van der Waals surface area (Å²) in [5, 5.41) is 45.1. The fraction of sp³-hybridized carbons (Fsp3) is 0.143. The minimum Gasteiger partial charge on any atom is -0.534 e. The third kappa shape index (κ3) is 3.63. The Morgan fingerprint density at radius 1 is 1.44 bits per heavy atom. The predicted molar refractivity (Wildman–Crippen MR) is 94.2 cm³/mol. The summed E-state index contributed by atoms with van der Waals surface area (Å²) in [5.41, 5.74) is 5.09. The lowest BCUT2D eigenvalue weighted by molar-refractivity contribution is -0.115. The number of thiazole rings is 1. The Bertz CT molecular complexity index is 948. The number of carbonyl (C=O) groups is 2. The van der Waals surface area contributed by atoms with Crippen LogP contribution in [0.5, 0.6) is 11.5 Å². The number of hydrogen-bond donors (Lipinski definition) is 6. The number of benzene rings is 1. The van der Waals surface area contributed by atoms with Crippen molar-refractivity contribution in [1.29, 1.82) is 0 Å². The highest BCUT2D eigenvalue weighted by Crippen LogP contribution is 2.33. The Kier molecular flexibility index (Phi) is 4.88. The number of phenols is 1. The number of carboxylic acids is 1. The topological polar surface area (TPSA) is 188 Å². The van der Waals surface area contributed by atoms with E-state index in [9.17, 15) is 24.8 Å². The van der Waals surface area contributed by atoms with E-state index in [0.717, 1.165) is 17.4 Å².